The summed E-state index contributed by atoms with van der Waals surface area (Å²) in [4.78, 5) is 17.7. The maximum atomic E-state index is 13.0. The Morgan fingerprint density at radius 3 is 2.48 bits per heavy atom. The van der Waals surface area contributed by atoms with Gasteiger partial charge in [-0.15, -0.1) is 11.3 Å². The number of carbonyl (C=O) groups is 1. The van der Waals surface area contributed by atoms with Crippen molar-refractivity contribution in [3.8, 4) is 16.9 Å². The lowest BCUT2D eigenvalue weighted by Gasteiger charge is -2.14. The lowest BCUT2D eigenvalue weighted by Crippen LogP contribution is -2.13. The zero-order valence-electron chi connectivity index (χ0n) is 20.0. The first-order chi connectivity index (χ1) is 16.0. The van der Waals surface area contributed by atoms with Crippen LogP contribution >= 0.6 is 11.3 Å². The van der Waals surface area contributed by atoms with E-state index in [4.69, 9.17) is 4.98 Å². The normalized spacial score (nSPS) is 12.9. The number of nitrogens with one attached hydrogen (secondary N) is 1. The van der Waals surface area contributed by atoms with Gasteiger partial charge in [0.15, 0.2) is 0 Å². The number of nitrogens with zero attached hydrogens (tertiary/aromatic N) is 1. The summed E-state index contributed by atoms with van der Waals surface area (Å²) in [6.07, 6.45) is 8.40. The van der Waals surface area contributed by atoms with Crippen molar-refractivity contribution in [2.45, 2.75) is 71.6 Å². The number of para-hydroxylation sites is 1. The third kappa shape index (κ3) is 7.16. The summed E-state index contributed by atoms with van der Waals surface area (Å²) < 4.78 is 0. The molecule has 5 heteroatoms. The Morgan fingerprint density at radius 1 is 1.03 bits per heavy atom. The summed E-state index contributed by atoms with van der Waals surface area (Å²) in [7, 11) is 0. The minimum absolute atomic E-state index is 0.184. The molecular weight excluding hydrogens is 428 g/mol. The third-order valence-corrected chi connectivity index (χ3v) is 7.30. The van der Waals surface area contributed by atoms with Crippen LogP contribution < -0.4 is 5.32 Å². The first-order valence-corrected chi connectivity index (χ1v) is 13.0. The van der Waals surface area contributed by atoms with E-state index in [1.807, 2.05) is 41.8 Å². The number of aromatic hydroxyl groups is 1. The van der Waals surface area contributed by atoms with Crippen molar-refractivity contribution in [3.05, 3.63) is 64.6 Å². The van der Waals surface area contributed by atoms with Crippen LogP contribution in [-0.4, -0.2) is 16.0 Å². The molecule has 2 atom stereocenters. The highest BCUT2D eigenvalue weighted by Crippen LogP contribution is 2.32. The third-order valence-electron chi connectivity index (χ3n) is 6.29. The highest BCUT2D eigenvalue weighted by molar-refractivity contribution is 7.10. The number of aromatic nitrogens is 1. The predicted molar refractivity (Wildman–Crippen MR) is 139 cm³/mol. The molecular formula is C28H36N2O2S. The molecule has 4 nitrogen and oxygen atoms in total. The second-order valence-electron chi connectivity index (χ2n) is 8.90. The van der Waals surface area contributed by atoms with E-state index in [1.54, 1.807) is 23.5 Å². The van der Waals surface area contributed by atoms with E-state index < -0.39 is 0 Å². The van der Waals surface area contributed by atoms with Crippen molar-refractivity contribution in [2.24, 2.45) is 5.92 Å². The van der Waals surface area contributed by atoms with Crippen molar-refractivity contribution in [1.82, 2.24) is 4.98 Å². The molecule has 33 heavy (non-hydrogen) atoms. The van der Waals surface area contributed by atoms with E-state index in [0.717, 1.165) is 47.0 Å². The number of phenols is 1. The van der Waals surface area contributed by atoms with E-state index in [-0.39, 0.29) is 11.7 Å². The number of carbonyl (C=O) groups excluding carboxylic acids is 1. The SMILES string of the molecule is CCCC(CCCCC(C)CC)c1nc(C(=O)Nc2ccccc2-c2ccc(O)cc2)cs1. The maximum Gasteiger partial charge on any atom is 0.275 e. The largest absolute Gasteiger partial charge is 0.508 e. The fraction of sp³-hybridized carbons (Fsp3) is 0.429. The number of unbranched alkanes of at least 4 members (excludes halogenated alkanes) is 1. The summed E-state index contributed by atoms with van der Waals surface area (Å²) in [5.41, 5.74) is 3.06. The molecule has 2 aromatic carbocycles. The van der Waals surface area contributed by atoms with Gasteiger partial charge in [-0.1, -0.05) is 83.2 Å². The molecule has 176 valence electrons. The van der Waals surface area contributed by atoms with Crippen molar-refractivity contribution < 1.29 is 9.90 Å². The van der Waals surface area contributed by atoms with Gasteiger partial charge in [0.05, 0.1) is 5.01 Å². The van der Waals surface area contributed by atoms with Gasteiger partial charge in [-0.3, -0.25) is 4.79 Å². The summed E-state index contributed by atoms with van der Waals surface area (Å²) >= 11 is 1.61. The Kier molecular flexibility index (Phi) is 9.49. The van der Waals surface area contributed by atoms with Crippen LogP contribution in [0.25, 0.3) is 11.1 Å². The fourth-order valence-corrected chi connectivity index (χ4v) is 5.05. The Hall–Kier alpha value is -2.66. The first kappa shape index (κ1) is 25.0. The van der Waals surface area contributed by atoms with Gasteiger partial charge in [0.25, 0.3) is 5.91 Å². The molecule has 0 saturated heterocycles. The molecule has 3 aromatic rings. The van der Waals surface area contributed by atoms with E-state index in [9.17, 15) is 9.90 Å². The number of hydrogen-bond donors (Lipinski definition) is 2. The molecule has 0 aliphatic rings. The van der Waals surface area contributed by atoms with Gasteiger partial charge in [0, 0.05) is 22.5 Å². The number of thiazole rings is 1. The van der Waals surface area contributed by atoms with Crippen LogP contribution in [0.5, 0.6) is 5.75 Å². The molecule has 3 rings (SSSR count). The standard InChI is InChI=1S/C28H36N2O2S/c1-4-10-22(12-7-6-11-20(3)5-2)28-30-26(19-33-28)27(32)29-25-14-9-8-13-24(25)21-15-17-23(31)18-16-21/h8-9,13-20,22,31H,4-7,10-12H2,1-3H3,(H,29,32). The molecule has 1 amide bonds. The number of phenolic OH excluding ortho intramolecular Hbond substituents is 1. The quantitative estimate of drug-likeness (QED) is 0.265. The van der Waals surface area contributed by atoms with E-state index >= 15 is 0 Å². The Balaban J connectivity index is 1.67. The van der Waals surface area contributed by atoms with Crippen LogP contribution in [-0.2, 0) is 0 Å². The van der Waals surface area contributed by atoms with Crippen molar-refractivity contribution in [1.29, 1.82) is 0 Å². The van der Waals surface area contributed by atoms with Crippen LogP contribution in [0.1, 0.15) is 87.1 Å². The summed E-state index contributed by atoms with van der Waals surface area (Å²) in [6, 6.07) is 14.7. The number of amides is 1. The summed E-state index contributed by atoms with van der Waals surface area (Å²) in [6.45, 7) is 6.80. The van der Waals surface area contributed by atoms with Gasteiger partial charge < -0.3 is 10.4 Å². The Labute approximate surface area is 202 Å². The minimum atomic E-state index is -0.184. The molecule has 0 aliphatic carbocycles. The average Bonchev–Trinajstić information content (AvgIpc) is 3.32. The van der Waals surface area contributed by atoms with Crippen LogP contribution in [0, 0.1) is 5.92 Å². The molecule has 0 radical (unpaired) electrons. The highest BCUT2D eigenvalue weighted by atomic mass is 32.1. The van der Waals surface area contributed by atoms with Gasteiger partial charge in [-0.25, -0.2) is 4.98 Å². The minimum Gasteiger partial charge on any atom is -0.508 e. The maximum absolute atomic E-state index is 13.0. The van der Waals surface area contributed by atoms with E-state index in [0.29, 0.717) is 11.6 Å². The van der Waals surface area contributed by atoms with Gasteiger partial charge in [-0.05, 0) is 42.5 Å². The van der Waals surface area contributed by atoms with Crippen molar-refractivity contribution >= 4 is 22.9 Å². The first-order valence-electron chi connectivity index (χ1n) is 12.2. The van der Waals surface area contributed by atoms with E-state index in [1.165, 1.54) is 25.7 Å². The number of anilines is 1. The molecule has 2 unspecified atom stereocenters. The van der Waals surface area contributed by atoms with Crippen LogP contribution in [0.2, 0.25) is 0 Å². The Morgan fingerprint density at radius 2 is 1.76 bits per heavy atom. The average molecular weight is 465 g/mol. The second-order valence-corrected chi connectivity index (χ2v) is 9.79. The van der Waals surface area contributed by atoms with Gasteiger partial charge in [0.1, 0.15) is 11.4 Å². The smallest absolute Gasteiger partial charge is 0.275 e. The fourth-order valence-electron chi connectivity index (χ4n) is 4.08. The molecule has 0 saturated carbocycles. The lowest BCUT2D eigenvalue weighted by atomic mass is 9.94. The number of hydrogen-bond acceptors (Lipinski definition) is 4. The van der Waals surface area contributed by atoms with Gasteiger partial charge in [0.2, 0.25) is 0 Å². The highest BCUT2D eigenvalue weighted by Gasteiger charge is 2.19. The molecule has 0 bridgehead atoms. The molecule has 1 aromatic heterocycles. The molecule has 2 N–H and O–H groups in total. The molecule has 0 spiro atoms. The van der Waals surface area contributed by atoms with Crippen LogP contribution in [0.3, 0.4) is 0 Å². The number of benzene rings is 2. The van der Waals surface area contributed by atoms with Gasteiger partial charge >= 0.3 is 0 Å². The number of rotatable bonds is 12. The van der Waals surface area contributed by atoms with Gasteiger partial charge in [-0.2, -0.15) is 0 Å². The second kappa shape index (κ2) is 12.5. The molecule has 0 fully saturated rings. The molecule has 1 heterocycles. The zero-order chi connectivity index (χ0) is 23.6. The molecule has 0 aliphatic heterocycles. The summed E-state index contributed by atoms with van der Waals surface area (Å²) in [5.74, 6) is 1.27. The van der Waals surface area contributed by atoms with Crippen molar-refractivity contribution in [2.75, 3.05) is 5.32 Å². The summed E-state index contributed by atoms with van der Waals surface area (Å²) in [5, 5.41) is 15.6. The topological polar surface area (TPSA) is 62.2 Å². The monoisotopic (exact) mass is 464 g/mol. The van der Waals surface area contributed by atoms with Crippen LogP contribution in [0.15, 0.2) is 53.9 Å². The predicted octanol–water partition coefficient (Wildman–Crippen LogP) is 8.26. The van der Waals surface area contributed by atoms with E-state index in [2.05, 4.69) is 26.1 Å². The van der Waals surface area contributed by atoms with Crippen LogP contribution in [0.4, 0.5) is 5.69 Å². The Bertz CT molecular complexity index is 1010. The van der Waals surface area contributed by atoms with Crippen molar-refractivity contribution in [3.63, 3.8) is 0 Å². The lowest BCUT2D eigenvalue weighted by molar-refractivity contribution is 0.102. The zero-order valence-corrected chi connectivity index (χ0v) is 20.8.